The average molecular weight is 417 g/mol. The summed E-state index contributed by atoms with van der Waals surface area (Å²) in [6.45, 7) is 3.46. The van der Waals surface area contributed by atoms with E-state index in [1.54, 1.807) is 24.3 Å². The number of anilines is 1. The van der Waals surface area contributed by atoms with Crippen molar-refractivity contribution in [3.63, 3.8) is 0 Å². The smallest absolute Gasteiger partial charge is 0.338 e. The molecule has 4 rings (SSSR count). The van der Waals surface area contributed by atoms with Gasteiger partial charge in [0.15, 0.2) is 12.4 Å². The first-order chi connectivity index (χ1) is 14.9. The van der Waals surface area contributed by atoms with Crippen molar-refractivity contribution in [3.8, 4) is 0 Å². The molecule has 1 aliphatic carbocycles. The summed E-state index contributed by atoms with van der Waals surface area (Å²) in [5.74, 6) is -2.23. The van der Waals surface area contributed by atoms with E-state index in [0.717, 1.165) is 5.56 Å². The van der Waals surface area contributed by atoms with Gasteiger partial charge in [0.1, 0.15) is 0 Å². The summed E-state index contributed by atoms with van der Waals surface area (Å²) in [6, 6.07) is 13.2. The third kappa shape index (κ3) is 3.93. The topological polar surface area (TPSA) is 80.8 Å². The summed E-state index contributed by atoms with van der Waals surface area (Å²) in [5, 5.41) is 0. The van der Waals surface area contributed by atoms with Gasteiger partial charge in [0.25, 0.3) is 0 Å². The zero-order valence-corrected chi connectivity index (χ0v) is 17.4. The third-order valence-corrected chi connectivity index (χ3v) is 5.92. The van der Waals surface area contributed by atoms with Gasteiger partial charge in [0.05, 0.1) is 23.1 Å². The number of rotatable bonds is 5. The molecule has 1 heterocycles. The van der Waals surface area contributed by atoms with Crippen LogP contribution in [0.2, 0.25) is 0 Å². The molecule has 2 aromatic carbocycles. The summed E-state index contributed by atoms with van der Waals surface area (Å²) in [5.41, 5.74) is 2.01. The van der Waals surface area contributed by atoms with E-state index >= 15 is 0 Å². The number of imide groups is 1. The van der Waals surface area contributed by atoms with Gasteiger partial charge in [0.2, 0.25) is 11.8 Å². The first kappa shape index (κ1) is 20.7. The van der Waals surface area contributed by atoms with Crippen molar-refractivity contribution in [2.24, 2.45) is 17.8 Å². The zero-order chi connectivity index (χ0) is 22.1. The lowest BCUT2D eigenvalue weighted by Gasteiger charge is -2.22. The normalized spacial score (nSPS) is 22.4. The van der Waals surface area contributed by atoms with Crippen LogP contribution in [0.4, 0.5) is 5.69 Å². The molecule has 6 heteroatoms. The fraction of sp³-hybridized carbons (Fsp3) is 0.280. The Hall–Kier alpha value is -3.54. The van der Waals surface area contributed by atoms with E-state index in [2.05, 4.69) is 0 Å². The minimum absolute atomic E-state index is 0.0128. The Labute approximate surface area is 180 Å². The second kappa shape index (κ2) is 8.30. The Bertz CT molecular complexity index is 1090. The predicted octanol–water partition coefficient (Wildman–Crippen LogP) is 3.74. The minimum atomic E-state index is -0.686. The number of benzene rings is 2. The summed E-state index contributed by atoms with van der Waals surface area (Å²) >= 11 is 0. The van der Waals surface area contributed by atoms with E-state index < -0.39 is 5.97 Å². The number of aryl methyl sites for hydroxylation is 1. The van der Waals surface area contributed by atoms with Gasteiger partial charge in [-0.1, -0.05) is 55.0 Å². The van der Waals surface area contributed by atoms with Crippen LogP contribution in [0.15, 0.2) is 60.7 Å². The molecule has 0 radical (unpaired) electrons. The minimum Gasteiger partial charge on any atom is -0.454 e. The number of carbonyl (C=O) groups excluding carboxylic acids is 4. The molecule has 6 nitrogen and oxygen atoms in total. The molecular formula is C25H23NO5. The molecule has 0 bridgehead atoms. The molecule has 1 aliphatic heterocycles. The molecule has 158 valence electrons. The molecule has 2 amide bonds. The highest BCUT2D eigenvalue weighted by atomic mass is 16.5. The largest absolute Gasteiger partial charge is 0.454 e. The van der Waals surface area contributed by atoms with E-state index in [9.17, 15) is 19.2 Å². The van der Waals surface area contributed by atoms with Gasteiger partial charge in [-0.2, -0.15) is 0 Å². The second-order valence-electron chi connectivity index (χ2n) is 8.08. The van der Waals surface area contributed by atoms with Gasteiger partial charge in [-0.3, -0.25) is 19.3 Å². The van der Waals surface area contributed by atoms with Gasteiger partial charge >= 0.3 is 5.97 Å². The Balaban J connectivity index is 1.47. The monoisotopic (exact) mass is 417 g/mol. The molecule has 31 heavy (non-hydrogen) atoms. The van der Waals surface area contributed by atoms with Gasteiger partial charge in [0, 0.05) is 5.56 Å². The average Bonchev–Trinajstić information content (AvgIpc) is 3.03. The van der Waals surface area contributed by atoms with E-state index in [-0.39, 0.29) is 47.5 Å². The SMILES string of the molecule is Cc1ccc(C(=O)COC(=O)c2cccc(N3C(=O)[C@H]4[C@H](C)C=CC[C@H]4C3=O)c2)cc1. The quantitative estimate of drug-likeness (QED) is 0.320. The number of amides is 2. The summed E-state index contributed by atoms with van der Waals surface area (Å²) in [4.78, 5) is 51.7. The van der Waals surface area contributed by atoms with Crippen LogP contribution in [0.25, 0.3) is 0 Å². The van der Waals surface area contributed by atoms with Gasteiger partial charge < -0.3 is 4.74 Å². The van der Waals surface area contributed by atoms with Gasteiger partial charge in [-0.15, -0.1) is 0 Å². The van der Waals surface area contributed by atoms with Crippen molar-refractivity contribution in [1.29, 1.82) is 0 Å². The highest BCUT2D eigenvalue weighted by Gasteiger charge is 2.50. The highest BCUT2D eigenvalue weighted by Crippen LogP contribution is 2.40. The molecule has 2 aliphatic rings. The number of carbonyl (C=O) groups is 4. The molecule has 0 spiro atoms. The number of ketones is 1. The van der Waals surface area contributed by atoms with Crippen LogP contribution in [0.1, 0.15) is 39.6 Å². The van der Waals surface area contributed by atoms with Gasteiger partial charge in [-0.25, -0.2) is 4.79 Å². The van der Waals surface area contributed by atoms with Crippen LogP contribution in [0.3, 0.4) is 0 Å². The second-order valence-corrected chi connectivity index (χ2v) is 8.08. The van der Waals surface area contributed by atoms with E-state index in [1.807, 2.05) is 38.1 Å². The Morgan fingerprint density at radius 2 is 1.77 bits per heavy atom. The third-order valence-electron chi connectivity index (χ3n) is 5.92. The number of ether oxygens (including phenoxy) is 1. The number of fused-ring (bicyclic) bond motifs is 1. The van der Waals surface area contributed by atoms with E-state index in [0.29, 0.717) is 17.7 Å². The van der Waals surface area contributed by atoms with Crippen molar-refractivity contribution in [1.82, 2.24) is 0 Å². The number of allylic oxidation sites excluding steroid dienone is 2. The van der Waals surface area contributed by atoms with Gasteiger partial charge in [-0.05, 0) is 37.5 Å². The number of hydrogen-bond acceptors (Lipinski definition) is 5. The molecule has 3 atom stereocenters. The summed E-state index contributed by atoms with van der Waals surface area (Å²) in [6.07, 6.45) is 4.45. The molecule has 1 saturated heterocycles. The van der Waals surface area contributed by atoms with Crippen LogP contribution < -0.4 is 4.90 Å². The number of nitrogens with zero attached hydrogens (tertiary/aromatic N) is 1. The fourth-order valence-electron chi connectivity index (χ4n) is 4.21. The zero-order valence-electron chi connectivity index (χ0n) is 17.4. The number of esters is 1. The standard InChI is InChI=1S/C25H23NO5/c1-15-9-11-17(12-10-15)21(27)14-31-25(30)18-6-4-7-19(13-18)26-23(28)20-8-3-5-16(2)22(20)24(26)29/h3-7,9-13,16,20,22H,8,14H2,1-2H3/t16-,20-,22+/m1/s1. The first-order valence-corrected chi connectivity index (χ1v) is 10.3. The van der Waals surface area contributed by atoms with Crippen molar-refractivity contribution < 1.29 is 23.9 Å². The first-order valence-electron chi connectivity index (χ1n) is 10.3. The van der Waals surface area contributed by atoms with Crippen LogP contribution in [0.5, 0.6) is 0 Å². The van der Waals surface area contributed by atoms with E-state index in [4.69, 9.17) is 4.74 Å². The van der Waals surface area contributed by atoms with Crippen LogP contribution >= 0.6 is 0 Å². The Kier molecular flexibility index (Phi) is 5.55. The van der Waals surface area contributed by atoms with Crippen LogP contribution in [0, 0.1) is 24.7 Å². The summed E-state index contributed by atoms with van der Waals surface area (Å²) in [7, 11) is 0. The molecule has 0 N–H and O–H groups in total. The molecule has 0 saturated carbocycles. The molecule has 0 unspecified atom stereocenters. The van der Waals surface area contributed by atoms with Crippen LogP contribution in [-0.2, 0) is 14.3 Å². The maximum absolute atomic E-state index is 12.9. The van der Waals surface area contributed by atoms with Crippen molar-refractivity contribution in [2.45, 2.75) is 20.3 Å². The van der Waals surface area contributed by atoms with Crippen molar-refractivity contribution in [2.75, 3.05) is 11.5 Å². The predicted molar refractivity (Wildman–Crippen MR) is 115 cm³/mol. The molecular weight excluding hydrogens is 394 g/mol. The van der Waals surface area contributed by atoms with Crippen molar-refractivity contribution >= 4 is 29.3 Å². The number of Topliss-reactive ketones (excluding diaryl/α,β-unsaturated/α-hetero) is 1. The number of hydrogen-bond donors (Lipinski definition) is 0. The maximum Gasteiger partial charge on any atom is 0.338 e. The fourth-order valence-corrected chi connectivity index (χ4v) is 4.21. The Morgan fingerprint density at radius 1 is 1.03 bits per heavy atom. The lowest BCUT2D eigenvalue weighted by atomic mass is 9.78. The maximum atomic E-state index is 12.9. The van der Waals surface area contributed by atoms with Crippen LogP contribution in [-0.4, -0.2) is 30.2 Å². The van der Waals surface area contributed by atoms with Crippen molar-refractivity contribution in [3.05, 3.63) is 77.4 Å². The summed E-state index contributed by atoms with van der Waals surface area (Å²) < 4.78 is 5.17. The highest BCUT2D eigenvalue weighted by molar-refractivity contribution is 6.22. The van der Waals surface area contributed by atoms with E-state index in [1.165, 1.54) is 17.0 Å². The molecule has 2 aromatic rings. The molecule has 0 aromatic heterocycles. The molecule has 1 fully saturated rings. The lowest BCUT2D eigenvalue weighted by Crippen LogP contribution is -2.31. The Morgan fingerprint density at radius 3 is 2.48 bits per heavy atom. The lowest BCUT2D eigenvalue weighted by molar-refractivity contribution is -0.122.